The number of alkyl halides is 2. The van der Waals surface area contributed by atoms with Crippen molar-refractivity contribution in [3.63, 3.8) is 0 Å². The molecule has 1 aromatic heterocycles. The molecule has 3 aromatic carbocycles. The maximum atomic E-state index is 13.4. The van der Waals surface area contributed by atoms with E-state index in [0.29, 0.717) is 65.0 Å². The molecule has 0 saturated carbocycles. The van der Waals surface area contributed by atoms with Gasteiger partial charge in [-0.1, -0.05) is 58.2 Å². The third kappa shape index (κ3) is 7.49. The summed E-state index contributed by atoms with van der Waals surface area (Å²) in [6.45, 7) is 3.76. The topological polar surface area (TPSA) is 93.0 Å². The monoisotopic (exact) mass is 671 g/mol. The number of halogens is 4. The van der Waals surface area contributed by atoms with Gasteiger partial charge in [0, 0.05) is 62.7 Å². The fourth-order valence-electron chi connectivity index (χ4n) is 5.14. The van der Waals surface area contributed by atoms with Gasteiger partial charge in [0.05, 0.1) is 17.1 Å². The molecule has 0 radical (unpaired) electrons. The zero-order chi connectivity index (χ0) is 32.3. The Morgan fingerprint density at radius 3 is 2.38 bits per heavy atom. The van der Waals surface area contributed by atoms with E-state index < -0.39 is 21.8 Å². The van der Waals surface area contributed by atoms with Gasteiger partial charge in [-0.15, -0.1) is 0 Å². The second-order valence-electron chi connectivity index (χ2n) is 10.7. The van der Waals surface area contributed by atoms with E-state index in [-0.39, 0.29) is 24.1 Å². The van der Waals surface area contributed by atoms with E-state index in [9.17, 15) is 18.8 Å². The summed E-state index contributed by atoms with van der Waals surface area (Å²) in [7, 11) is 0. The van der Waals surface area contributed by atoms with E-state index >= 15 is 0 Å². The number of carbonyl (C=O) groups excluding carboxylic acids is 3. The number of rotatable bonds is 9. The summed E-state index contributed by atoms with van der Waals surface area (Å²) in [6, 6.07) is 18.7. The number of likely N-dealkylation sites (tertiary alicyclic amines) is 1. The zero-order valence-electron chi connectivity index (χ0n) is 24.4. The Morgan fingerprint density at radius 2 is 1.71 bits per heavy atom. The lowest BCUT2D eigenvalue weighted by molar-refractivity contribution is -0.130. The number of anilines is 1. The normalized spacial score (nSPS) is 13.9. The van der Waals surface area contributed by atoms with Crippen molar-refractivity contribution in [2.75, 3.05) is 24.5 Å². The van der Waals surface area contributed by atoms with E-state index in [1.54, 1.807) is 54.3 Å². The van der Waals surface area contributed by atoms with E-state index in [4.69, 9.17) is 44.1 Å². The highest BCUT2D eigenvalue weighted by Gasteiger charge is 2.38. The standard InChI is InChI=1S/C33H29Cl3FN3O5/c1-20(41)39-15-13-26(14-16-39)44-29-8-4-7-27(34)31(29)28-18-30(45-38-28)23-5-3-6-25(17-23)40(21(2)42)19-33(35,36)32(43)22-9-11-24(37)12-10-22/h3-12,17-18,26H,13-16,19H2,1-2H3. The Hall–Kier alpha value is -3.92. The van der Waals surface area contributed by atoms with Crippen molar-refractivity contribution in [1.82, 2.24) is 10.1 Å². The predicted octanol–water partition coefficient (Wildman–Crippen LogP) is 7.60. The van der Waals surface area contributed by atoms with Gasteiger partial charge in [-0.2, -0.15) is 0 Å². The van der Waals surface area contributed by atoms with Crippen LogP contribution in [-0.4, -0.2) is 57.7 Å². The van der Waals surface area contributed by atoms with Crippen LogP contribution in [0.3, 0.4) is 0 Å². The van der Waals surface area contributed by atoms with Gasteiger partial charge in [-0.3, -0.25) is 14.4 Å². The fraction of sp³-hybridized carbons (Fsp3) is 0.273. The maximum Gasteiger partial charge on any atom is 0.223 e. The number of benzene rings is 3. The molecule has 0 spiro atoms. The molecule has 4 aromatic rings. The highest BCUT2D eigenvalue weighted by Crippen LogP contribution is 2.39. The van der Waals surface area contributed by atoms with Crippen LogP contribution < -0.4 is 9.64 Å². The molecule has 234 valence electrons. The summed E-state index contributed by atoms with van der Waals surface area (Å²) in [4.78, 5) is 40.5. The van der Waals surface area contributed by atoms with Crippen LogP contribution in [0.5, 0.6) is 5.75 Å². The molecule has 12 heteroatoms. The number of aromatic nitrogens is 1. The van der Waals surface area contributed by atoms with Crippen LogP contribution in [0.4, 0.5) is 10.1 Å². The number of nitrogens with zero attached hydrogens (tertiary/aromatic N) is 3. The van der Waals surface area contributed by atoms with Crippen LogP contribution in [0.15, 0.2) is 77.3 Å². The quantitative estimate of drug-likeness (QED) is 0.134. The van der Waals surface area contributed by atoms with Gasteiger partial charge >= 0.3 is 0 Å². The first-order chi connectivity index (χ1) is 21.4. The molecule has 1 fully saturated rings. The molecular formula is C33H29Cl3FN3O5. The molecule has 45 heavy (non-hydrogen) atoms. The molecule has 1 aliphatic heterocycles. The van der Waals surface area contributed by atoms with Gasteiger partial charge in [-0.25, -0.2) is 4.39 Å². The van der Waals surface area contributed by atoms with Crippen molar-refractivity contribution in [1.29, 1.82) is 0 Å². The van der Waals surface area contributed by atoms with Crippen molar-refractivity contribution >= 4 is 58.1 Å². The Labute approximate surface area is 274 Å². The number of hydrogen-bond acceptors (Lipinski definition) is 6. The van der Waals surface area contributed by atoms with Crippen LogP contribution in [-0.2, 0) is 9.59 Å². The van der Waals surface area contributed by atoms with E-state index in [0.717, 1.165) is 12.1 Å². The van der Waals surface area contributed by atoms with Crippen LogP contribution in [0.25, 0.3) is 22.6 Å². The molecule has 0 atom stereocenters. The molecular weight excluding hydrogens is 644 g/mol. The fourth-order valence-corrected chi connectivity index (χ4v) is 5.86. The largest absolute Gasteiger partial charge is 0.490 e. The molecule has 2 amide bonds. The van der Waals surface area contributed by atoms with Gasteiger partial charge in [0.15, 0.2) is 10.1 Å². The third-order valence-corrected chi connectivity index (χ3v) is 8.44. The van der Waals surface area contributed by atoms with Gasteiger partial charge < -0.3 is 19.1 Å². The van der Waals surface area contributed by atoms with Crippen LogP contribution in [0.2, 0.25) is 5.02 Å². The highest BCUT2D eigenvalue weighted by atomic mass is 35.5. The smallest absolute Gasteiger partial charge is 0.223 e. The number of amides is 2. The number of ether oxygens (including phenoxy) is 1. The first kappa shape index (κ1) is 32.5. The minimum atomic E-state index is -2.01. The van der Waals surface area contributed by atoms with Crippen molar-refractivity contribution in [3.05, 3.63) is 89.2 Å². The molecule has 0 aliphatic carbocycles. The Bertz CT molecular complexity index is 1720. The molecule has 0 unspecified atom stereocenters. The van der Waals surface area contributed by atoms with Gasteiger partial charge in [0.2, 0.25) is 17.6 Å². The van der Waals surface area contributed by atoms with Crippen LogP contribution in [0.1, 0.15) is 37.0 Å². The summed E-state index contributed by atoms with van der Waals surface area (Å²) in [5, 5.41) is 4.69. The second kappa shape index (κ2) is 13.6. The predicted molar refractivity (Wildman–Crippen MR) is 171 cm³/mol. The van der Waals surface area contributed by atoms with E-state index in [1.807, 2.05) is 6.07 Å². The number of hydrogen-bond donors (Lipinski definition) is 0. The first-order valence-electron chi connectivity index (χ1n) is 14.2. The average Bonchev–Trinajstić information content (AvgIpc) is 3.50. The number of Topliss-reactive ketones (excluding diaryl/α,β-unsaturated/α-hetero) is 1. The number of carbonyl (C=O) groups is 3. The van der Waals surface area contributed by atoms with Gasteiger partial charge in [0.25, 0.3) is 0 Å². The molecule has 1 saturated heterocycles. The molecule has 1 aliphatic rings. The lowest BCUT2D eigenvalue weighted by Crippen LogP contribution is -2.43. The van der Waals surface area contributed by atoms with Crippen LogP contribution >= 0.6 is 34.8 Å². The lowest BCUT2D eigenvalue weighted by Gasteiger charge is -2.31. The Morgan fingerprint density at radius 1 is 1.02 bits per heavy atom. The van der Waals surface area contributed by atoms with Crippen molar-refractivity contribution in [2.24, 2.45) is 0 Å². The minimum absolute atomic E-state index is 0.0469. The molecule has 2 heterocycles. The zero-order valence-corrected chi connectivity index (χ0v) is 26.7. The number of piperidine rings is 1. The van der Waals surface area contributed by atoms with Gasteiger partial charge in [0.1, 0.15) is 23.4 Å². The van der Waals surface area contributed by atoms with Crippen molar-refractivity contribution < 1.29 is 28.0 Å². The molecule has 0 N–H and O–H groups in total. The van der Waals surface area contributed by atoms with Crippen molar-refractivity contribution in [3.8, 4) is 28.3 Å². The maximum absolute atomic E-state index is 13.4. The number of ketones is 1. The summed E-state index contributed by atoms with van der Waals surface area (Å²) >= 11 is 19.5. The van der Waals surface area contributed by atoms with Crippen LogP contribution in [0, 0.1) is 5.82 Å². The SMILES string of the molecule is CC(=O)N1CCC(Oc2cccc(Cl)c2-c2cc(-c3cccc(N(CC(Cl)(Cl)C(=O)c4ccc(F)cc4)C(C)=O)c3)on2)CC1. The lowest BCUT2D eigenvalue weighted by atomic mass is 10.1. The first-order valence-corrected chi connectivity index (χ1v) is 15.3. The summed E-state index contributed by atoms with van der Waals surface area (Å²) < 4.78 is 23.4. The minimum Gasteiger partial charge on any atom is -0.490 e. The van der Waals surface area contributed by atoms with Crippen molar-refractivity contribution in [2.45, 2.75) is 37.1 Å². The summed E-state index contributed by atoms with van der Waals surface area (Å²) in [6.07, 6.45) is 1.29. The second-order valence-corrected chi connectivity index (χ2v) is 12.6. The third-order valence-electron chi connectivity index (χ3n) is 7.54. The van der Waals surface area contributed by atoms with E-state index in [2.05, 4.69) is 5.16 Å². The van der Waals surface area contributed by atoms with E-state index in [1.165, 1.54) is 24.0 Å². The molecule has 0 bridgehead atoms. The van der Waals surface area contributed by atoms with Gasteiger partial charge in [-0.05, 0) is 48.5 Å². The Balaban J connectivity index is 1.37. The summed E-state index contributed by atoms with van der Waals surface area (Å²) in [5.41, 5.74) is 2.12. The molecule has 5 rings (SSSR count). The molecule has 8 nitrogen and oxygen atoms in total. The Kier molecular flexibility index (Phi) is 9.82. The summed E-state index contributed by atoms with van der Waals surface area (Å²) in [5.74, 6) is -0.604. The highest BCUT2D eigenvalue weighted by molar-refractivity contribution is 6.60. The average molecular weight is 673 g/mol.